The number of carbonyl (C=O) groups excluding carboxylic acids is 1. The molecule has 0 N–H and O–H groups in total. The Hall–Kier alpha value is -1.76. The molecule has 0 aliphatic carbocycles. The van der Waals surface area contributed by atoms with Crippen molar-refractivity contribution in [3.05, 3.63) is 58.1 Å². The van der Waals surface area contributed by atoms with Crippen LogP contribution in [0.25, 0.3) is 0 Å². The molecule has 0 radical (unpaired) electrons. The van der Waals surface area contributed by atoms with Crippen molar-refractivity contribution >= 4 is 44.8 Å². The van der Waals surface area contributed by atoms with Gasteiger partial charge in [-0.15, -0.1) is 0 Å². The van der Waals surface area contributed by atoms with Crippen molar-refractivity contribution in [2.75, 3.05) is 23.9 Å². The number of piperidine rings is 1. The van der Waals surface area contributed by atoms with Crippen LogP contribution in [-0.4, -0.2) is 38.9 Å². The lowest BCUT2D eigenvalue weighted by atomic mass is 9.99. The van der Waals surface area contributed by atoms with Gasteiger partial charge in [-0.3, -0.25) is 9.10 Å². The van der Waals surface area contributed by atoms with Crippen molar-refractivity contribution in [2.45, 2.75) is 31.6 Å². The number of aryl methyl sites for hydroxylation is 1. The lowest BCUT2D eigenvalue weighted by molar-refractivity contribution is -0.130. The SMILES string of the molecule is Cc1ccc(S(=O)(=O)N(CC(=O)N2CCC(C)CC2)c2cc(Cl)ccc2Cl)cc1. The number of amides is 1. The van der Waals surface area contributed by atoms with Crippen molar-refractivity contribution in [3.8, 4) is 0 Å². The van der Waals surface area contributed by atoms with Crippen LogP contribution >= 0.6 is 23.2 Å². The quantitative estimate of drug-likeness (QED) is 0.654. The molecule has 2 aromatic carbocycles. The number of sulfonamides is 1. The van der Waals surface area contributed by atoms with Gasteiger partial charge in [0, 0.05) is 18.1 Å². The van der Waals surface area contributed by atoms with Crippen LogP contribution in [-0.2, 0) is 14.8 Å². The summed E-state index contributed by atoms with van der Waals surface area (Å²) in [7, 11) is -4.01. The number of nitrogens with zero attached hydrogens (tertiary/aromatic N) is 2. The maximum Gasteiger partial charge on any atom is 0.264 e. The molecule has 0 unspecified atom stereocenters. The molecule has 156 valence electrons. The van der Waals surface area contributed by atoms with Crippen molar-refractivity contribution in [1.29, 1.82) is 0 Å². The molecule has 1 amide bonds. The molecule has 1 fully saturated rings. The fourth-order valence-corrected chi connectivity index (χ4v) is 5.16. The first-order valence-electron chi connectivity index (χ1n) is 9.50. The molecule has 0 aromatic heterocycles. The second-order valence-corrected chi connectivity index (χ2v) is 10.2. The van der Waals surface area contributed by atoms with E-state index in [1.165, 1.54) is 24.3 Å². The maximum atomic E-state index is 13.4. The Labute approximate surface area is 182 Å². The first-order chi connectivity index (χ1) is 13.7. The predicted octanol–water partition coefficient (Wildman–Crippen LogP) is 4.76. The third kappa shape index (κ3) is 5.05. The molecular formula is C21H24Cl2N2O3S. The van der Waals surface area contributed by atoms with E-state index in [2.05, 4.69) is 6.92 Å². The molecule has 29 heavy (non-hydrogen) atoms. The summed E-state index contributed by atoms with van der Waals surface area (Å²) in [5, 5.41) is 0.554. The van der Waals surface area contributed by atoms with Crippen LogP contribution in [0.15, 0.2) is 47.4 Å². The molecule has 1 aliphatic heterocycles. The van der Waals surface area contributed by atoms with Gasteiger partial charge in [-0.25, -0.2) is 8.42 Å². The van der Waals surface area contributed by atoms with Gasteiger partial charge in [0.25, 0.3) is 10.0 Å². The zero-order chi connectivity index (χ0) is 21.2. The predicted molar refractivity (Wildman–Crippen MR) is 117 cm³/mol. The summed E-state index contributed by atoms with van der Waals surface area (Å²) < 4.78 is 27.9. The molecule has 0 spiro atoms. The number of rotatable bonds is 5. The molecule has 0 saturated carbocycles. The number of carbonyl (C=O) groups is 1. The summed E-state index contributed by atoms with van der Waals surface area (Å²) in [6.45, 7) is 4.96. The molecule has 0 atom stereocenters. The molecule has 3 rings (SSSR count). The van der Waals surface area contributed by atoms with Crippen LogP contribution < -0.4 is 4.31 Å². The highest BCUT2D eigenvalue weighted by Crippen LogP contribution is 2.33. The molecule has 2 aromatic rings. The van der Waals surface area contributed by atoms with Crippen LogP contribution in [0.5, 0.6) is 0 Å². The van der Waals surface area contributed by atoms with Crippen LogP contribution in [0.3, 0.4) is 0 Å². The summed E-state index contributed by atoms with van der Waals surface area (Å²) in [4.78, 5) is 14.8. The average Bonchev–Trinajstić information content (AvgIpc) is 2.68. The van der Waals surface area contributed by atoms with E-state index in [-0.39, 0.29) is 28.1 Å². The summed E-state index contributed by atoms with van der Waals surface area (Å²) >= 11 is 12.4. The molecule has 0 bridgehead atoms. The molecular weight excluding hydrogens is 431 g/mol. The Morgan fingerprint density at radius 3 is 2.34 bits per heavy atom. The highest BCUT2D eigenvalue weighted by atomic mass is 35.5. The van der Waals surface area contributed by atoms with Crippen LogP contribution in [0.4, 0.5) is 5.69 Å². The summed E-state index contributed by atoms with van der Waals surface area (Å²) in [6, 6.07) is 11.1. The van der Waals surface area contributed by atoms with Crippen molar-refractivity contribution in [3.63, 3.8) is 0 Å². The normalized spacial score (nSPS) is 15.4. The monoisotopic (exact) mass is 454 g/mol. The topological polar surface area (TPSA) is 57.7 Å². The van der Waals surface area contributed by atoms with E-state index in [1.807, 2.05) is 6.92 Å². The standard InChI is InChI=1S/C21H24Cl2N2O3S/c1-15-3-6-18(7-4-15)29(27,28)25(20-13-17(22)5-8-19(20)23)14-21(26)24-11-9-16(2)10-12-24/h3-8,13,16H,9-12,14H2,1-2H3. The van der Waals surface area contributed by atoms with Gasteiger partial charge in [0.05, 0.1) is 15.6 Å². The Bertz CT molecular complexity index is 985. The third-order valence-corrected chi connectivity index (χ3v) is 7.53. The maximum absolute atomic E-state index is 13.4. The summed E-state index contributed by atoms with van der Waals surface area (Å²) in [6.07, 6.45) is 1.82. The first-order valence-corrected chi connectivity index (χ1v) is 11.7. The first kappa shape index (κ1) is 21.9. The molecule has 8 heteroatoms. The Morgan fingerprint density at radius 1 is 1.10 bits per heavy atom. The fraction of sp³-hybridized carbons (Fsp3) is 0.381. The van der Waals surface area contributed by atoms with E-state index >= 15 is 0 Å². The minimum absolute atomic E-state index is 0.0965. The lowest BCUT2D eigenvalue weighted by Gasteiger charge is -2.33. The van der Waals surface area contributed by atoms with E-state index < -0.39 is 10.0 Å². The highest BCUT2D eigenvalue weighted by molar-refractivity contribution is 7.92. The van der Waals surface area contributed by atoms with Gasteiger partial charge in [-0.1, -0.05) is 47.8 Å². The largest absolute Gasteiger partial charge is 0.341 e. The minimum Gasteiger partial charge on any atom is -0.341 e. The van der Waals surface area contributed by atoms with E-state index in [0.717, 1.165) is 22.7 Å². The molecule has 1 saturated heterocycles. The number of benzene rings is 2. The smallest absolute Gasteiger partial charge is 0.264 e. The Kier molecular flexibility index (Phi) is 6.76. The zero-order valence-corrected chi connectivity index (χ0v) is 18.8. The van der Waals surface area contributed by atoms with E-state index in [9.17, 15) is 13.2 Å². The van der Waals surface area contributed by atoms with Gasteiger partial charge in [-0.05, 0) is 56.0 Å². The van der Waals surface area contributed by atoms with Gasteiger partial charge in [0.1, 0.15) is 6.54 Å². The summed E-state index contributed by atoms with van der Waals surface area (Å²) in [5.41, 5.74) is 1.13. The number of hydrogen-bond donors (Lipinski definition) is 0. The van der Waals surface area contributed by atoms with Gasteiger partial charge < -0.3 is 4.90 Å². The van der Waals surface area contributed by atoms with Gasteiger partial charge in [0.2, 0.25) is 5.91 Å². The minimum atomic E-state index is -4.01. The van der Waals surface area contributed by atoms with Crippen molar-refractivity contribution in [2.24, 2.45) is 5.92 Å². The van der Waals surface area contributed by atoms with E-state index in [0.29, 0.717) is 24.0 Å². The number of likely N-dealkylation sites (tertiary alicyclic amines) is 1. The van der Waals surface area contributed by atoms with Crippen molar-refractivity contribution in [1.82, 2.24) is 4.90 Å². The number of hydrogen-bond acceptors (Lipinski definition) is 3. The number of anilines is 1. The van der Waals surface area contributed by atoms with Gasteiger partial charge >= 0.3 is 0 Å². The second-order valence-electron chi connectivity index (χ2n) is 7.48. The average molecular weight is 455 g/mol. The van der Waals surface area contributed by atoms with Crippen molar-refractivity contribution < 1.29 is 13.2 Å². The fourth-order valence-electron chi connectivity index (χ4n) is 3.29. The van der Waals surface area contributed by atoms with E-state index in [4.69, 9.17) is 23.2 Å². The zero-order valence-electron chi connectivity index (χ0n) is 16.4. The lowest BCUT2D eigenvalue weighted by Crippen LogP contribution is -2.45. The molecule has 5 nitrogen and oxygen atoms in total. The van der Waals surface area contributed by atoms with Gasteiger partial charge in [-0.2, -0.15) is 0 Å². The van der Waals surface area contributed by atoms with E-state index in [1.54, 1.807) is 23.1 Å². The third-order valence-electron chi connectivity index (χ3n) is 5.20. The number of halogens is 2. The molecule has 1 aliphatic rings. The van der Waals surface area contributed by atoms with Crippen LogP contribution in [0.2, 0.25) is 10.0 Å². The Morgan fingerprint density at radius 2 is 1.72 bits per heavy atom. The van der Waals surface area contributed by atoms with Crippen LogP contribution in [0.1, 0.15) is 25.3 Å². The second kappa shape index (κ2) is 8.94. The van der Waals surface area contributed by atoms with Gasteiger partial charge in [0.15, 0.2) is 0 Å². The van der Waals surface area contributed by atoms with Crippen LogP contribution in [0, 0.1) is 12.8 Å². The highest BCUT2D eigenvalue weighted by Gasteiger charge is 2.31. The Balaban J connectivity index is 1.99. The molecule has 1 heterocycles. The summed E-state index contributed by atoms with van der Waals surface area (Å²) in [5.74, 6) is 0.317.